The van der Waals surface area contributed by atoms with Crippen LogP contribution in [0.4, 0.5) is 17.3 Å². The van der Waals surface area contributed by atoms with Crippen molar-refractivity contribution >= 4 is 28.1 Å². The quantitative estimate of drug-likeness (QED) is 0.580. The second-order valence-corrected chi connectivity index (χ2v) is 6.63. The van der Waals surface area contributed by atoms with Crippen molar-refractivity contribution in [3.8, 4) is 5.88 Å². The number of hydrogen-bond donors (Lipinski definition) is 2. The number of rotatable bonds is 8. The molecule has 142 valence electrons. The fourth-order valence-electron chi connectivity index (χ4n) is 2.66. The van der Waals surface area contributed by atoms with Crippen LogP contribution >= 0.6 is 0 Å². The van der Waals surface area contributed by atoms with Crippen LogP contribution in [0.1, 0.15) is 39.3 Å². The number of benzene rings is 1. The lowest BCUT2D eigenvalue weighted by Gasteiger charge is -2.14. The smallest absolute Gasteiger partial charge is 0.237 e. The molecule has 2 N–H and O–H groups in total. The molecule has 2 heterocycles. The highest BCUT2D eigenvalue weighted by Gasteiger charge is 2.10. The van der Waals surface area contributed by atoms with Crippen molar-refractivity contribution in [3.05, 3.63) is 42.4 Å². The van der Waals surface area contributed by atoms with Gasteiger partial charge in [-0.2, -0.15) is 4.98 Å². The number of nitrogens with zero attached hydrogens (tertiary/aromatic N) is 3. The third-order valence-electron chi connectivity index (χ3n) is 4.39. The van der Waals surface area contributed by atoms with Gasteiger partial charge in [0.25, 0.3) is 0 Å². The average molecular weight is 365 g/mol. The number of aryl methyl sites for hydroxylation is 1. The van der Waals surface area contributed by atoms with Gasteiger partial charge in [0.05, 0.1) is 18.0 Å². The van der Waals surface area contributed by atoms with Crippen LogP contribution in [0.2, 0.25) is 0 Å². The summed E-state index contributed by atoms with van der Waals surface area (Å²) in [6.07, 6.45) is 5.68. The highest BCUT2D eigenvalue weighted by atomic mass is 16.5. The third-order valence-corrected chi connectivity index (χ3v) is 4.39. The largest absolute Gasteiger partial charge is 0.473 e. The molecule has 0 radical (unpaired) electrons. The Bertz CT molecular complexity index is 912. The van der Waals surface area contributed by atoms with Gasteiger partial charge < -0.3 is 15.4 Å². The first kappa shape index (κ1) is 18.9. The van der Waals surface area contributed by atoms with E-state index in [1.165, 1.54) is 0 Å². The Morgan fingerprint density at radius 1 is 1.11 bits per heavy atom. The van der Waals surface area contributed by atoms with E-state index >= 15 is 0 Å². The summed E-state index contributed by atoms with van der Waals surface area (Å²) in [5.41, 5.74) is 1.88. The van der Waals surface area contributed by atoms with Crippen molar-refractivity contribution in [1.82, 2.24) is 15.0 Å². The van der Waals surface area contributed by atoms with Crippen LogP contribution in [0.25, 0.3) is 10.8 Å². The first-order valence-corrected chi connectivity index (χ1v) is 9.50. The minimum atomic E-state index is 0.0982. The van der Waals surface area contributed by atoms with Gasteiger partial charge in [0.15, 0.2) is 5.82 Å². The van der Waals surface area contributed by atoms with E-state index in [0.717, 1.165) is 47.4 Å². The lowest BCUT2D eigenvalue weighted by molar-refractivity contribution is 0.206. The topological polar surface area (TPSA) is 72.0 Å². The van der Waals surface area contributed by atoms with Crippen LogP contribution in [0.15, 0.2) is 36.7 Å². The summed E-state index contributed by atoms with van der Waals surface area (Å²) >= 11 is 0. The summed E-state index contributed by atoms with van der Waals surface area (Å²) in [6, 6.07) is 8.23. The zero-order valence-electron chi connectivity index (χ0n) is 16.4. The van der Waals surface area contributed by atoms with Crippen molar-refractivity contribution < 1.29 is 4.74 Å². The van der Waals surface area contributed by atoms with Crippen molar-refractivity contribution in [3.63, 3.8) is 0 Å². The third kappa shape index (κ3) is 4.64. The predicted molar refractivity (Wildman–Crippen MR) is 111 cm³/mol. The molecule has 27 heavy (non-hydrogen) atoms. The standard InChI is InChI=1S/C21H27N5O/c1-5-10-22-18-9-7-8-16-11-19(24-12-17(16)18)25-20-13-23-15(4)21(26-20)27-14(3)6-2/h7-9,11-14,22H,5-6,10H2,1-4H3,(H,24,25,26)/t14-/m1/s1. The Balaban J connectivity index is 1.83. The van der Waals surface area contributed by atoms with Crippen molar-refractivity contribution in [2.24, 2.45) is 0 Å². The summed E-state index contributed by atoms with van der Waals surface area (Å²) in [5.74, 6) is 1.90. The Kier molecular flexibility index (Phi) is 6.06. The molecule has 0 amide bonds. The molecule has 3 aromatic rings. The Labute approximate surface area is 160 Å². The minimum Gasteiger partial charge on any atom is -0.473 e. The molecular weight excluding hydrogens is 338 g/mol. The second kappa shape index (κ2) is 8.66. The summed E-state index contributed by atoms with van der Waals surface area (Å²) in [7, 11) is 0. The molecule has 0 saturated carbocycles. The van der Waals surface area contributed by atoms with Crippen LogP contribution in [0.5, 0.6) is 5.88 Å². The number of fused-ring (bicyclic) bond motifs is 1. The molecule has 0 fully saturated rings. The lowest BCUT2D eigenvalue weighted by Crippen LogP contribution is -2.13. The Morgan fingerprint density at radius 3 is 2.74 bits per heavy atom. The number of hydrogen-bond acceptors (Lipinski definition) is 6. The van der Waals surface area contributed by atoms with E-state index in [1.807, 2.05) is 32.2 Å². The van der Waals surface area contributed by atoms with E-state index in [1.54, 1.807) is 6.20 Å². The van der Waals surface area contributed by atoms with Crippen molar-refractivity contribution in [2.75, 3.05) is 17.2 Å². The van der Waals surface area contributed by atoms with Crippen LogP contribution < -0.4 is 15.4 Å². The number of pyridine rings is 1. The van der Waals surface area contributed by atoms with Gasteiger partial charge in [-0.3, -0.25) is 4.98 Å². The molecular formula is C21H27N5O. The van der Waals surface area contributed by atoms with Crippen molar-refractivity contribution in [1.29, 1.82) is 0 Å². The van der Waals surface area contributed by atoms with Gasteiger partial charge >= 0.3 is 0 Å². The summed E-state index contributed by atoms with van der Waals surface area (Å²) in [6.45, 7) is 9.10. The van der Waals surface area contributed by atoms with Crippen LogP contribution in [0, 0.1) is 6.92 Å². The normalized spacial score (nSPS) is 12.0. The predicted octanol–water partition coefficient (Wildman–Crippen LogP) is 5.08. The maximum Gasteiger partial charge on any atom is 0.237 e. The van der Waals surface area contributed by atoms with Crippen LogP contribution in [-0.2, 0) is 0 Å². The maximum atomic E-state index is 5.85. The minimum absolute atomic E-state index is 0.0982. The highest BCUT2D eigenvalue weighted by molar-refractivity contribution is 5.94. The van der Waals surface area contributed by atoms with Crippen LogP contribution in [0.3, 0.4) is 0 Å². The fraction of sp³-hybridized carbons (Fsp3) is 0.381. The van der Waals surface area contributed by atoms with Gasteiger partial charge in [-0.15, -0.1) is 0 Å². The van der Waals surface area contributed by atoms with Gasteiger partial charge in [-0.1, -0.05) is 26.0 Å². The van der Waals surface area contributed by atoms with Gasteiger partial charge in [-0.25, -0.2) is 4.98 Å². The SMILES string of the molecule is CCCNc1cccc2cc(Nc3cnc(C)c(O[C@H](C)CC)n3)ncc12. The van der Waals surface area contributed by atoms with Gasteiger partial charge in [0, 0.05) is 23.8 Å². The zero-order chi connectivity index (χ0) is 19.2. The number of aromatic nitrogens is 3. The van der Waals surface area contributed by atoms with E-state index in [4.69, 9.17) is 4.74 Å². The summed E-state index contributed by atoms with van der Waals surface area (Å²) in [4.78, 5) is 13.5. The van der Waals surface area contributed by atoms with E-state index in [-0.39, 0.29) is 6.10 Å². The van der Waals surface area contributed by atoms with Crippen LogP contribution in [-0.4, -0.2) is 27.6 Å². The first-order valence-electron chi connectivity index (χ1n) is 9.50. The lowest BCUT2D eigenvalue weighted by atomic mass is 10.1. The first-order chi connectivity index (χ1) is 13.1. The molecule has 3 rings (SSSR count). The molecule has 0 aliphatic carbocycles. The van der Waals surface area contributed by atoms with E-state index in [0.29, 0.717) is 11.7 Å². The Hall–Kier alpha value is -2.89. The molecule has 0 unspecified atom stereocenters. The maximum absolute atomic E-state index is 5.85. The Morgan fingerprint density at radius 2 is 1.96 bits per heavy atom. The molecule has 1 aromatic carbocycles. The molecule has 0 bridgehead atoms. The van der Waals surface area contributed by atoms with E-state index in [2.05, 4.69) is 51.6 Å². The molecule has 0 spiro atoms. The number of nitrogens with one attached hydrogen (secondary N) is 2. The van der Waals surface area contributed by atoms with Gasteiger partial charge in [0.2, 0.25) is 5.88 Å². The monoisotopic (exact) mass is 365 g/mol. The highest BCUT2D eigenvalue weighted by Crippen LogP contribution is 2.26. The van der Waals surface area contributed by atoms with Gasteiger partial charge in [-0.05, 0) is 44.2 Å². The zero-order valence-corrected chi connectivity index (χ0v) is 16.4. The molecule has 6 heteroatoms. The fourth-order valence-corrected chi connectivity index (χ4v) is 2.66. The molecule has 2 aromatic heterocycles. The van der Waals surface area contributed by atoms with Gasteiger partial charge in [0.1, 0.15) is 5.82 Å². The van der Waals surface area contributed by atoms with Crippen molar-refractivity contribution in [2.45, 2.75) is 46.6 Å². The average Bonchev–Trinajstić information content (AvgIpc) is 2.68. The molecule has 0 saturated heterocycles. The van der Waals surface area contributed by atoms with E-state index < -0.39 is 0 Å². The molecule has 1 atom stereocenters. The van der Waals surface area contributed by atoms with E-state index in [9.17, 15) is 0 Å². The molecule has 0 aliphatic heterocycles. The summed E-state index contributed by atoms with van der Waals surface area (Å²) in [5, 5.41) is 8.90. The number of ether oxygens (including phenoxy) is 1. The second-order valence-electron chi connectivity index (χ2n) is 6.63. The number of anilines is 3. The molecule has 0 aliphatic rings. The summed E-state index contributed by atoms with van der Waals surface area (Å²) < 4.78 is 5.85. The molecule has 6 nitrogen and oxygen atoms in total.